The molecule has 0 heterocycles. The number of rotatable bonds is 8. The molecule has 0 aliphatic rings. The molecule has 0 aliphatic heterocycles. The van der Waals surface area contributed by atoms with Gasteiger partial charge in [0.2, 0.25) is 0 Å². The van der Waals surface area contributed by atoms with Crippen LogP contribution in [-0.2, 0) is 0 Å². The van der Waals surface area contributed by atoms with E-state index in [1.54, 1.807) is 18.2 Å². The maximum Gasteiger partial charge on any atom is 0.125 e. The zero-order valence-electron chi connectivity index (χ0n) is 13.9. The predicted molar refractivity (Wildman–Crippen MR) is 104 cm³/mol. The van der Waals surface area contributed by atoms with Crippen molar-refractivity contribution >= 4 is 28.9 Å². The molecule has 2 aromatic carbocycles. The summed E-state index contributed by atoms with van der Waals surface area (Å²) in [5.41, 5.74) is 2.12. The molecule has 4 heteroatoms. The molecule has 2 rings (SSSR count). The van der Waals surface area contributed by atoms with Gasteiger partial charge in [0.25, 0.3) is 0 Å². The molecule has 0 spiro atoms. The maximum absolute atomic E-state index is 10.2. The van der Waals surface area contributed by atoms with Crippen molar-refractivity contribution in [1.29, 1.82) is 0 Å². The number of aromatic hydroxyl groups is 1. The van der Waals surface area contributed by atoms with Gasteiger partial charge in [-0.2, -0.15) is 0 Å². The summed E-state index contributed by atoms with van der Waals surface area (Å²) < 4.78 is 0. The maximum atomic E-state index is 10.2. The molecule has 0 radical (unpaired) electrons. The third-order valence-corrected chi connectivity index (χ3v) is 4.44. The smallest absolute Gasteiger partial charge is 0.125 e. The minimum absolute atomic E-state index is 0.157. The number of halogens is 2. The molecule has 24 heavy (non-hydrogen) atoms. The van der Waals surface area contributed by atoms with E-state index < -0.39 is 0 Å². The summed E-state index contributed by atoms with van der Waals surface area (Å²) in [5, 5.41) is 11.4. The topological polar surface area (TPSA) is 32.6 Å². The molecule has 1 N–H and O–H groups in total. The number of nitrogens with zero attached hydrogens (tertiary/aromatic N) is 1. The molecule has 128 valence electrons. The number of phenolic OH excluding ortho intramolecular Hbond substituents is 1. The summed E-state index contributed by atoms with van der Waals surface area (Å²) in [6, 6.07) is 12.5. The summed E-state index contributed by atoms with van der Waals surface area (Å²) in [7, 11) is 0. The highest BCUT2D eigenvalue weighted by atomic mass is 35.5. The van der Waals surface area contributed by atoms with E-state index in [2.05, 4.69) is 6.92 Å². The Balaban J connectivity index is 2.29. The highest BCUT2D eigenvalue weighted by molar-refractivity contribution is 6.36. The molecule has 0 amide bonds. The summed E-state index contributed by atoms with van der Waals surface area (Å²) in [4.78, 5) is 4.74. The van der Waals surface area contributed by atoms with Crippen LogP contribution in [0, 0.1) is 0 Å². The Bertz CT molecular complexity index is 698. The van der Waals surface area contributed by atoms with Crippen molar-refractivity contribution in [3.8, 4) is 5.75 Å². The van der Waals surface area contributed by atoms with Crippen LogP contribution in [0.5, 0.6) is 5.75 Å². The van der Waals surface area contributed by atoms with Gasteiger partial charge in [0.05, 0.1) is 5.71 Å². The van der Waals surface area contributed by atoms with E-state index in [9.17, 15) is 5.11 Å². The Morgan fingerprint density at radius 1 is 0.958 bits per heavy atom. The van der Waals surface area contributed by atoms with Gasteiger partial charge < -0.3 is 5.11 Å². The van der Waals surface area contributed by atoms with Gasteiger partial charge in [-0.05, 0) is 30.7 Å². The largest absolute Gasteiger partial charge is 0.507 e. The van der Waals surface area contributed by atoms with Crippen LogP contribution >= 0.6 is 23.2 Å². The predicted octanol–water partition coefficient (Wildman–Crippen LogP) is 6.51. The lowest BCUT2D eigenvalue weighted by atomic mass is 10.0. The van der Waals surface area contributed by atoms with Gasteiger partial charge in [-0.25, -0.2) is 0 Å². The first-order valence-corrected chi connectivity index (χ1v) is 9.17. The molecular formula is C20H23Cl2NO. The first-order valence-electron chi connectivity index (χ1n) is 8.41. The fourth-order valence-electron chi connectivity index (χ4n) is 2.57. The number of aliphatic imine (C=N–C) groups is 1. The summed E-state index contributed by atoms with van der Waals surface area (Å²) in [6.07, 6.45) is 5.90. The molecule has 0 fully saturated rings. The van der Waals surface area contributed by atoms with E-state index >= 15 is 0 Å². The highest BCUT2D eigenvalue weighted by Crippen LogP contribution is 2.28. The standard InChI is InChI=1S/C20H23Cl2NO/c1-2-3-4-5-8-13-23-20(16-9-6-7-10-18(16)22)17-14-15(21)11-12-19(17)24/h6-7,9-12,14,24H,2-5,8,13H2,1H3. The van der Waals surface area contributed by atoms with Crippen LogP contribution in [-0.4, -0.2) is 17.4 Å². The number of hydrogen-bond acceptors (Lipinski definition) is 2. The van der Waals surface area contributed by atoms with E-state index in [0.717, 1.165) is 18.4 Å². The van der Waals surface area contributed by atoms with Gasteiger partial charge in [-0.3, -0.25) is 4.99 Å². The SMILES string of the molecule is CCCCCCCN=C(c1cc(Cl)ccc1O)c1ccccc1Cl. The molecule has 0 saturated carbocycles. The zero-order valence-corrected chi connectivity index (χ0v) is 15.4. The van der Waals surface area contributed by atoms with Crippen molar-refractivity contribution in [1.82, 2.24) is 0 Å². The molecule has 0 aliphatic carbocycles. The van der Waals surface area contributed by atoms with Crippen molar-refractivity contribution in [3.05, 3.63) is 63.6 Å². The van der Waals surface area contributed by atoms with Crippen LogP contribution in [0.1, 0.15) is 50.2 Å². The highest BCUT2D eigenvalue weighted by Gasteiger charge is 2.14. The minimum Gasteiger partial charge on any atom is -0.507 e. The van der Waals surface area contributed by atoms with Gasteiger partial charge in [0.1, 0.15) is 5.75 Å². The van der Waals surface area contributed by atoms with Gasteiger partial charge >= 0.3 is 0 Å². The summed E-state index contributed by atoms with van der Waals surface area (Å²) >= 11 is 12.5. The van der Waals surface area contributed by atoms with Crippen LogP contribution < -0.4 is 0 Å². The third kappa shape index (κ3) is 5.25. The van der Waals surface area contributed by atoms with Gasteiger partial charge in [0, 0.05) is 27.7 Å². The molecular weight excluding hydrogens is 341 g/mol. The van der Waals surface area contributed by atoms with Gasteiger partial charge in [-0.1, -0.05) is 74.0 Å². The molecule has 2 nitrogen and oxygen atoms in total. The Morgan fingerprint density at radius 2 is 1.71 bits per heavy atom. The average molecular weight is 364 g/mol. The third-order valence-electron chi connectivity index (χ3n) is 3.87. The molecule has 0 unspecified atom stereocenters. The van der Waals surface area contributed by atoms with Crippen LogP contribution in [0.25, 0.3) is 0 Å². The lowest BCUT2D eigenvalue weighted by Gasteiger charge is -2.12. The Labute approximate surface area is 154 Å². The molecule has 0 aromatic heterocycles. The van der Waals surface area contributed by atoms with Gasteiger partial charge in [-0.15, -0.1) is 0 Å². The van der Waals surface area contributed by atoms with Crippen molar-refractivity contribution in [2.45, 2.75) is 39.0 Å². The van der Waals surface area contributed by atoms with Crippen molar-refractivity contribution in [3.63, 3.8) is 0 Å². The van der Waals surface area contributed by atoms with Crippen molar-refractivity contribution in [2.24, 2.45) is 4.99 Å². The molecule has 0 saturated heterocycles. The minimum atomic E-state index is 0.157. The normalized spacial score (nSPS) is 11.7. The first-order chi connectivity index (χ1) is 11.6. The second-order valence-electron chi connectivity index (χ2n) is 5.79. The number of hydrogen-bond donors (Lipinski definition) is 1. The summed E-state index contributed by atoms with van der Waals surface area (Å²) in [6.45, 7) is 2.91. The quantitative estimate of drug-likeness (QED) is 0.420. The van der Waals surface area contributed by atoms with E-state index in [1.165, 1.54) is 19.3 Å². The van der Waals surface area contributed by atoms with Gasteiger partial charge in [0.15, 0.2) is 0 Å². The Morgan fingerprint density at radius 3 is 2.46 bits per heavy atom. The van der Waals surface area contributed by atoms with Crippen LogP contribution in [0.4, 0.5) is 0 Å². The number of benzene rings is 2. The fraction of sp³-hybridized carbons (Fsp3) is 0.350. The molecule has 0 bridgehead atoms. The lowest BCUT2D eigenvalue weighted by Crippen LogP contribution is -2.06. The fourth-order valence-corrected chi connectivity index (χ4v) is 2.97. The molecule has 2 aromatic rings. The van der Waals surface area contributed by atoms with E-state index in [-0.39, 0.29) is 5.75 Å². The number of phenols is 1. The van der Waals surface area contributed by atoms with Crippen LogP contribution in [0.15, 0.2) is 47.5 Å². The van der Waals surface area contributed by atoms with Crippen molar-refractivity contribution < 1.29 is 5.11 Å². The second-order valence-corrected chi connectivity index (χ2v) is 6.63. The zero-order chi connectivity index (χ0) is 17.4. The number of unbranched alkanes of at least 4 members (excludes halogenated alkanes) is 4. The van der Waals surface area contributed by atoms with E-state index in [1.807, 2.05) is 24.3 Å². The van der Waals surface area contributed by atoms with E-state index in [0.29, 0.717) is 27.9 Å². The first kappa shape index (κ1) is 18.8. The monoisotopic (exact) mass is 363 g/mol. The Kier molecular flexibility index (Phi) is 7.61. The van der Waals surface area contributed by atoms with Crippen LogP contribution in [0.3, 0.4) is 0 Å². The van der Waals surface area contributed by atoms with Crippen LogP contribution in [0.2, 0.25) is 10.0 Å². The lowest BCUT2D eigenvalue weighted by molar-refractivity contribution is 0.474. The van der Waals surface area contributed by atoms with E-state index in [4.69, 9.17) is 28.2 Å². The second kappa shape index (κ2) is 9.71. The molecule has 0 atom stereocenters. The summed E-state index contributed by atoms with van der Waals surface area (Å²) in [5.74, 6) is 0.157. The Hall–Kier alpha value is -1.51. The average Bonchev–Trinajstić information content (AvgIpc) is 2.58. The van der Waals surface area contributed by atoms with Crippen molar-refractivity contribution in [2.75, 3.05) is 6.54 Å².